The molecule has 1 aromatic rings. The van der Waals surface area contributed by atoms with Crippen molar-refractivity contribution in [2.75, 3.05) is 6.61 Å². The topological polar surface area (TPSA) is 26.3 Å². The predicted molar refractivity (Wildman–Crippen MR) is 61.5 cm³/mol. The van der Waals surface area contributed by atoms with E-state index in [9.17, 15) is 31.1 Å². The van der Waals surface area contributed by atoms with Crippen LogP contribution in [0.3, 0.4) is 0 Å². The summed E-state index contributed by atoms with van der Waals surface area (Å²) in [5.74, 6) is -1.01. The molecule has 0 spiro atoms. The van der Waals surface area contributed by atoms with Crippen molar-refractivity contribution in [3.63, 3.8) is 0 Å². The van der Waals surface area contributed by atoms with E-state index >= 15 is 0 Å². The molecule has 1 rings (SSSR count). The van der Waals surface area contributed by atoms with Crippen LogP contribution in [0, 0.1) is 6.92 Å². The highest BCUT2D eigenvalue weighted by molar-refractivity contribution is 5.73. The first-order chi connectivity index (χ1) is 9.46. The molecule has 1 aromatic carbocycles. The molecule has 0 amide bonds. The molecule has 0 saturated heterocycles. The van der Waals surface area contributed by atoms with Gasteiger partial charge in [0.05, 0.1) is 24.2 Å². The molecule has 8 heteroatoms. The lowest BCUT2D eigenvalue weighted by Crippen LogP contribution is -2.18. The highest BCUT2D eigenvalue weighted by Gasteiger charge is 2.39. The molecule has 0 N–H and O–H groups in total. The number of aryl methyl sites for hydroxylation is 1. The van der Waals surface area contributed by atoms with Gasteiger partial charge < -0.3 is 4.74 Å². The Morgan fingerprint density at radius 3 is 2.10 bits per heavy atom. The summed E-state index contributed by atoms with van der Waals surface area (Å²) in [4.78, 5) is 11.3. The molecule has 2 nitrogen and oxygen atoms in total. The van der Waals surface area contributed by atoms with Crippen molar-refractivity contribution in [1.82, 2.24) is 0 Å². The lowest BCUT2D eigenvalue weighted by atomic mass is 9.95. The highest BCUT2D eigenvalue weighted by atomic mass is 19.4. The van der Waals surface area contributed by atoms with Gasteiger partial charge in [0.15, 0.2) is 0 Å². The molecule has 0 unspecified atom stereocenters. The average molecular weight is 314 g/mol. The lowest BCUT2D eigenvalue weighted by Gasteiger charge is -2.18. The Morgan fingerprint density at radius 1 is 1.10 bits per heavy atom. The molecule has 0 aliphatic rings. The van der Waals surface area contributed by atoms with E-state index in [-0.39, 0.29) is 6.61 Å². The van der Waals surface area contributed by atoms with Crippen LogP contribution in [-0.2, 0) is 28.3 Å². The summed E-state index contributed by atoms with van der Waals surface area (Å²) in [6.07, 6.45) is -10.5. The molecular weight excluding hydrogens is 302 g/mol. The Hall–Kier alpha value is -1.73. The largest absolute Gasteiger partial charge is 0.466 e. The molecule has 0 bridgehead atoms. The number of hydrogen-bond donors (Lipinski definition) is 0. The number of rotatable bonds is 3. The van der Waals surface area contributed by atoms with Crippen molar-refractivity contribution in [1.29, 1.82) is 0 Å². The van der Waals surface area contributed by atoms with Crippen molar-refractivity contribution >= 4 is 5.97 Å². The third-order valence-corrected chi connectivity index (χ3v) is 2.67. The quantitative estimate of drug-likeness (QED) is 0.619. The zero-order valence-corrected chi connectivity index (χ0v) is 11.2. The van der Waals surface area contributed by atoms with Crippen molar-refractivity contribution in [2.45, 2.75) is 32.6 Å². The van der Waals surface area contributed by atoms with Gasteiger partial charge >= 0.3 is 18.3 Å². The molecule has 0 atom stereocenters. The second-order valence-electron chi connectivity index (χ2n) is 4.30. The number of carbonyl (C=O) groups excluding carboxylic acids is 1. The summed E-state index contributed by atoms with van der Waals surface area (Å²) in [6, 6.07) is 0.754. The molecule has 0 aliphatic carbocycles. The molecule has 0 saturated carbocycles. The monoisotopic (exact) mass is 314 g/mol. The molecule has 0 aromatic heterocycles. The maximum absolute atomic E-state index is 12.9. The Bertz CT molecular complexity index is 531. The number of halogens is 6. The maximum atomic E-state index is 12.9. The van der Waals surface area contributed by atoms with Crippen LogP contribution in [0.1, 0.15) is 29.2 Å². The van der Waals surface area contributed by atoms with Gasteiger partial charge in [0, 0.05) is 0 Å². The molecule has 118 valence electrons. The lowest BCUT2D eigenvalue weighted by molar-refractivity contribution is -0.145. The first-order valence-corrected chi connectivity index (χ1v) is 5.90. The number of benzene rings is 1. The van der Waals surface area contributed by atoms with Crippen molar-refractivity contribution in [2.24, 2.45) is 0 Å². The van der Waals surface area contributed by atoms with Crippen LogP contribution < -0.4 is 0 Å². The second-order valence-corrected chi connectivity index (χ2v) is 4.30. The van der Waals surface area contributed by atoms with Gasteiger partial charge in [0.2, 0.25) is 0 Å². The van der Waals surface area contributed by atoms with Crippen LogP contribution in [0.25, 0.3) is 0 Å². The Morgan fingerprint density at radius 2 is 1.67 bits per heavy atom. The summed E-state index contributed by atoms with van der Waals surface area (Å²) < 4.78 is 81.3. The minimum Gasteiger partial charge on any atom is -0.466 e. The summed E-state index contributed by atoms with van der Waals surface area (Å²) in [7, 11) is 0. The fraction of sp³-hybridized carbons (Fsp3) is 0.462. The van der Waals surface area contributed by atoms with E-state index in [0.717, 1.165) is 6.92 Å². The third kappa shape index (κ3) is 4.37. The van der Waals surface area contributed by atoms with Gasteiger partial charge in [-0.2, -0.15) is 26.3 Å². The molecule has 0 aliphatic heterocycles. The zero-order chi connectivity index (χ0) is 16.4. The van der Waals surface area contributed by atoms with E-state index in [1.165, 1.54) is 6.92 Å². The Kier molecular flexibility index (Phi) is 4.91. The molecular formula is C13H12F6O2. The molecule has 0 radical (unpaired) electrons. The van der Waals surface area contributed by atoms with Crippen molar-refractivity contribution in [3.05, 3.63) is 34.4 Å². The average Bonchev–Trinajstić information content (AvgIpc) is 2.25. The van der Waals surface area contributed by atoms with E-state index in [2.05, 4.69) is 4.74 Å². The fourth-order valence-corrected chi connectivity index (χ4v) is 1.94. The van der Waals surface area contributed by atoms with Gasteiger partial charge in [0.1, 0.15) is 0 Å². The molecule has 0 fully saturated rings. The first-order valence-electron chi connectivity index (χ1n) is 5.90. The highest BCUT2D eigenvalue weighted by Crippen LogP contribution is 2.39. The van der Waals surface area contributed by atoms with E-state index < -0.39 is 47.0 Å². The van der Waals surface area contributed by atoms with Crippen LogP contribution in [0.2, 0.25) is 0 Å². The van der Waals surface area contributed by atoms with Gasteiger partial charge in [-0.3, -0.25) is 4.79 Å². The van der Waals surface area contributed by atoms with Gasteiger partial charge in [0.25, 0.3) is 0 Å². The number of alkyl halides is 6. The molecule has 0 heterocycles. The van der Waals surface area contributed by atoms with Gasteiger partial charge in [-0.05, 0) is 37.1 Å². The van der Waals surface area contributed by atoms with E-state index in [1.807, 2.05) is 0 Å². The van der Waals surface area contributed by atoms with E-state index in [4.69, 9.17) is 0 Å². The van der Waals surface area contributed by atoms with E-state index in [1.54, 1.807) is 0 Å². The summed E-state index contributed by atoms with van der Waals surface area (Å²) >= 11 is 0. The number of esters is 1. The number of ether oxygens (including phenoxy) is 1. The summed E-state index contributed by atoms with van der Waals surface area (Å²) in [6.45, 7) is 2.30. The van der Waals surface area contributed by atoms with Gasteiger partial charge in [-0.15, -0.1) is 0 Å². The predicted octanol–water partition coefficient (Wildman–Crippen LogP) is 4.14. The van der Waals surface area contributed by atoms with Crippen molar-refractivity contribution in [3.8, 4) is 0 Å². The molecule has 21 heavy (non-hydrogen) atoms. The Balaban J connectivity index is 3.40. The van der Waals surface area contributed by atoms with Crippen LogP contribution in [-0.4, -0.2) is 12.6 Å². The summed E-state index contributed by atoms with van der Waals surface area (Å²) in [5, 5.41) is 0. The number of hydrogen-bond acceptors (Lipinski definition) is 2. The minimum atomic E-state index is -4.85. The van der Waals surface area contributed by atoms with Crippen LogP contribution in [0.4, 0.5) is 26.3 Å². The fourth-order valence-electron chi connectivity index (χ4n) is 1.94. The van der Waals surface area contributed by atoms with Crippen LogP contribution >= 0.6 is 0 Å². The van der Waals surface area contributed by atoms with Gasteiger partial charge in [-0.1, -0.05) is 0 Å². The Labute approximate surface area is 116 Å². The van der Waals surface area contributed by atoms with Crippen LogP contribution in [0.15, 0.2) is 12.1 Å². The smallest absolute Gasteiger partial charge is 0.416 e. The maximum Gasteiger partial charge on any atom is 0.416 e. The minimum absolute atomic E-state index is 0.0713. The second kappa shape index (κ2) is 5.95. The van der Waals surface area contributed by atoms with Crippen LogP contribution in [0.5, 0.6) is 0 Å². The van der Waals surface area contributed by atoms with E-state index in [0.29, 0.717) is 12.1 Å². The SMILES string of the molecule is CCOC(=O)Cc1cc(C(F)(F)F)cc(C)c1C(F)(F)F. The number of carbonyl (C=O) groups is 1. The normalized spacial score (nSPS) is 12.4. The van der Waals surface area contributed by atoms with Gasteiger partial charge in [-0.25, -0.2) is 0 Å². The third-order valence-electron chi connectivity index (χ3n) is 2.67. The standard InChI is InChI=1S/C13H12F6O2/c1-3-21-10(20)6-8-5-9(12(14,15)16)4-7(2)11(8)13(17,18)19/h4-5H,3,6H2,1-2H3. The zero-order valence-electron chi connectivity index (χ0n) is 11.2. The first kappa shape index (κ1) is 17.3. The summed E-state index contributed by atoms with van der Waals surface area (Å²) in [5.41, 5.74) is -3.79. The van der Waals surface area contributed by atoms with Crippen molar-refractivity contribution < 1.29 is 35.9 Å².